The minimum atomic E-state index is -0.177. The number of anilines is 1. The van der Waals surface area contributed by atoms with Crippen LogP contribution in [-0.2, 0) is 11.3 Å². The number of hydrogen-bond acceptors (Lipinski definition) is 5. The molecule has 0 fully saturated rings. The number of amides is 2. The molecule has 2 N–H and O–H groups in total. The molecule has 7 nitrogen and oxygen atoms in total. The number of nitrogens with one attached hydrogen (secondary N) is 2. The van der Waals surface area contributed by atoms with Crippen LogP contribution in [0, 0.1) is 20.8 Å². The van der Waals surface area contributed by atoms with Gasteiger partial charge in [-0.3, -0.25) is 14.2 Å². The van der Waals surface area contributed by atoms with Crippen molar-refractivity contribution in [3.63, 3.8) is 0 Å². The van der Waals surface area contributed by atoms with Gasteiger partial charge in [-0.15, -0.1) is 0 Å². The minimum Gasteiger partial charge on any atom is -0.465 e. The first kappa shape index (κ1) is 23.4. The van der Waals surface area contributed by atoms with Gasteiger partial charge in [0.1, 0.15) is 11.5 Å². The molecule has 0 radical (unpaired) electrons. The number of hydrogen-bond donors (Lipinski definition) is 2. The Hall–Kier alpha value is -3.78. The van der Waals surface area contributed by atoms with Crippen molar-refractivity contribution in [1.29, 1.82) is 0 Å². The number of benzene rings is 2. The van der Waals surface area contributed by atoms with Gasteiger partial charge in [0.25, 0.3) is 5.91 Å². The molecule has 0 saturated carbocycles. The molecule has 0 bridgehead atoms. The molecule has 0 saturated heterocycles. The molecule has 0 aliphatic carbocycles. The molecule has 0 atom stereocenters. The van der Waals surface area contributed by atoms with Crippen LogP contribution in [-0.4, -0.2) is 27.1 Å². The lowest BCUT2D eigenvalue weighted by atomic mass is 10.1. The summed E-state index contributed by atoms with van der Waals surface area (Å²) in [6, 6.07) is 16.8. The number of nitrogens with zero attached hydrogens (tertiary/aromatic N) is 2. The van der Waals surface area contributed by atoms with E-state index in [2.05, 4.69) is 15.6 Å². The molecule has 4 aromatic rings. The molecule has 8 heteroatoms. The molecule has 2 aromatic carbocycles. The average molecular weight is 475 g/mol. The number of carbonyl (C=O) groups is 2. The van der Waals surface area contributed by atoms with Crippen molar-refractivity contribution in [3.05, 3.63) is 95.2 Å². The van der Waals surface area contributed by atoms with Crippen molar-refractivity contribution in [1.82, 2.24) is 14.9 Å². The van der Waals surface area contributed by atoms with E-state index in [1.165, 1.54) is 17.3 Å². The van der Waals surface area contributed by atoms with Crippen molar-refractivity contribution in [2.45, 2.75) is 32.5 Å². The van der Waals surface area contributed by atoms with Gasteiger partial charge in [0.15, 0.2) is 5.16 Å². The maximum absolute atomic E-state index is 12.4. The average Bonchev–Trinajstić information content (AvgIpc) is 3.47. The third-order valence-corrected chi connectivity index (χ3v) is 6.32. The molecule has 0 aliphatic rings. The normalized spacial score (nSPS) is 10.8. The van der Waals surface area contributed by atoms with Gasteiger partial charge in [0.2, 0.25) is 5.91 Å². The second-order valence-corrected chi connectivity index (χ2v) is 8.90. The Balaban J connectivity index is 1.34. The monoisotopic (exact) mass is 474 g/mol. The van der Waals surface area contributed by atoms with Crippen LogP contribution < -0.4 is 10.6 Å². The van der Waals surface area contributed by atoms with Crippen LogP contribution in [0.3, 0.4) is 0 Å². The maximum Gasteiger partial charge on any atom is 0.251 e. The van der Waals surface area contributed by atoms with E-state index in [0.717, 1.165) is 22.7 Å². The first-order valence-corrected chi connectivity index (χ1v) is 11.8. The molecular formula is C26H26N4O3S. The number of aromatic nitrogens is 2. The lowest BCUT2D eigenvalue weighted by Crippen LogP contribution is -2.22. The van der Waals surface area contributed by atoms with Gasteiger partial charge >= 0.3 is 0 Å². The Morgan fingerprint density at radius 1 is 1.00 bits per heavy atom. The Bertz CT molecular complexity index is 1310. The summed E-state index contributed by atoms with van der Waals surface area (Å²) >= 11 is 1.35. The highest BCUT2D eigenvalue weighted by atomic mass is 32.2. The smallest absolute Gasteiger partial charge is 0.251 e. The lowest BCUT2D eigenvalue weighted by molar-refractivity contribution is -0.113. The largest absolute Gasteiger partial charge is 0.465 e. The molecule has 0 aliphatic heterocycles. The number of carbonyl (C=O) groups excluding carboxylic acids is 2. The molecule has 34 heavy (non-hydrogen) atoms. The van der Waals surface area contributed by atoms with E-state index in [4.69, 9.17) is 4.42 Å². The van der Waals surface area contributed by atoms with Crippen LogP contribution >= 0.6 is 11.8 Å². The number of thioether (sulfide) groups is 1. The Morgan fingerprint density at radius 3 is 2.50 bits per heavy atom. The molecule has 0 spiro atoms. The molecular weight excluding hydrogens is 448 g/mol. The van der Waals surface area contributed by atoms with Crippen LogP contribution in [0.2, 0.25) is 0 Å². The molecule has 2 amide bonds. The van der Waals surface area contributed by atoms with Crippen LogP contribution in [0.5, 0.6) is 0 Å². The van der Waals surface area contributed by atoms with E-state index in [9.17, 15) is 9.59 Å². The van der Waals surface area contributed by atoms with Gasteiger partial charge in [-0.1, -0.05) is 17.8 Å². The number of furan rings is 1. The van der Waals surface area contributed by atoms with Crippen molar-refractivity contribution in [2.24, 2.45) is 0 Å². The minimum absolute atomic E-state index is 0.0958. The SMILES string of the molecule is Cc1ccc(CNC(=O)c2ccc(-n3ccnc3SCC(=O)Nc3ccc(C)c(C)c3)cc2)o1. The van der Waals surface area contributed by atoms with E-state index >= 15 is 0 Å². The first-order chi connectivity index (χ1) is 16.4. The summed E-state index contributed by atoms with van der Waals surface area (Å²) < 4.78 is 7.37. The molecule has 174 valence electrons. The Kier molecular flexibility index (Phi) is 7.18. The third-order valence-electron chi connectivity index (χ3n) is 5.36. The zero-order valence-corrected chi connectivity index (χ0v) is 20.1. The van der Waals surface area contributed by atoms with Crippen molar-refractivity contribution in [2.75, 3.05) is 11.1 Å². The van der Waals surface area contributed by atoms with Gasteiger partial charge in [0, 0.05) is 29.3 Å². The van der Waals surface area contributed by atoms with Crippen LogP contribution in [0.25, 0.3) is 5.69 Å². The molecule has 0 unspecified atom stereocenters. The van der Waals surface area contributed by atoms with Gasteiger partial charge in [-0.05, 0) is 80.4 Å². The standard InChI is InChI=1S/C26H26N4O3S/c1-17-4-8-21(14-18(17)2)29-24(31)16-34-26-27-12-13-30(26)22-9-6-20(7-10-22)25(32)28-15-23-11-5-19(3)33-23/h4-14H,15-16H2,1-3H3,(H,28,32)(H,29,31). The van der Waals surface area contributed by atoms with E-state index < -0.39 is 0 Å². The van der Waals surface area contributed by atoms with E-state index in [1.807, 2.05) is 74.0 Å². The fourth-order valence-electron chi connectivity index (χ4n) is 3.36. The number of imidazole rings is 1. The van der Waals surface area contributed by atoms with Crippen molar-refractivity contribution < 1.29 is 14.0 Å². The van der Waals surface area contributed by atoms with Crippen molar-refractivity contribution >= 4 is 29.3 Å². The van der Waals surface area contributed by atoms with Crippen molar-refractivity contribution in [3.8, 4) is 5.69 Å². The van der Waals surface area contributed by atoms with Crippen LogP contribution in [0.4, 0.5) is 5.69 Å². The predicted octanol–water partition coefficient (Wildman–Crippen LogP) is 5.05. The van der Waals surface area contributed by atoms with E-state index in [-0.39, 0.29) is 17.6 Å². The zero-order chi connectivity index (χ0) is 24.1. The summed E-state index contributed by atoms with van der Waals surface area (Å²) in [6.07, 6.45) is 3.52. The highest BCUT2D eigenvalue weighted by Crippen LogP contribution is 2.22. The quantitative estimate of drug-likeness (QED) is 0.349. The summed E-state index contributed by atoms with van der Waals surface area (Å²) in [7, 11) is 0. The highest BCUT2D eigenvalue weighted by molar-refractivity contribution is 7.99. The van der Waals surface area contributed by atoms with E-state index in [1.54, 1.807) is 18.3 Å². The highest BCUT2D eigenvalue weighted by Gasteiger charge is 2.12. The predicted molar refractivity (Wildman–Crippen MR) is 133 cm³/mol. The summed E-state index contributed by atoms with van der Waals surface area (Å²) in [5, 5.41) is 6.48. The number of aryl methyl sites for hydroxylation is 3. The van der Waals surface area contributed by atoms with Gasteiger partial charge in [0.05, 0.1) is 12.3 Å². The maximum atomic E-state index is 12.4. The van der Waals surface area contributed by atoms with Gasteiger partial charge in [-0.2, -0.15) is 0 Å². The summed E-state index contributed by atoms with van der Waals surface area (Å²) in [5.41, 5.74) is 4.51. The van der Waals surface area contributed by atoms with Crippen LogP contribution in [0.1, 0.15) is 33.0 Å². The summed E-state index contributed by atoms with van der Waals surface area (Å²) in [6.45, 7) is 6.26. The fraction of sp³-hybridized carbons (Fsp3) is 0.192. The van der Waals surface area contributed by atoms with Gasteiger partial charge < -0.3 is 15.1 Å². The second-order valence-electron chi connectivity index (χ2n) is 7.96. The first-order valence-electron chi connectivity index (χ1n) is 10.9. The third kappa shape index (κ3) is 5.77. The summed E-state index contributed by atoms with van der Waals surface area (Å²) in [4.78, 5) is 29.2. The molecule has 4 rings (SSSR count). The lowest BCUT2D eigenvalue weighted by Gasteiger charge is -2.10. The summed E-state index contributed by atoms with van der Waals surface area (Å²) in [5.74, 6) is 1.48. The Labute approximate surface area is 202 Å². The zero-order valence-electron chi connectivity index (χ0n) is 19.3. The number of rotatable bonds is 8. The topological polar surface area (TPSA) is 89.2 Å². The Morgan fingerprint density at radius 2 is 1.79 bits per heavy atom. The molecule has 2 aromatic heterocycles. The van der Waals surface area contributed by atoms with Gasteiger partial charge in [-0.25, -0.2) is 4.98 Å². The van der Waals surface area contributed by atoms with E-state index in [0.29, 0.717) is 23.0 Å². The molecule has 2 heterocycles. The second kappa shape index (κ2) is 10.4. The fourth-order valence-corrected chi connectivity index (χ4v) is 4.14. The van der Waals surface area contributed by atoms with Crippen LogP contribution in [0.15, 0.2) is 76.6 Å².